The molecule has 718 valence electrons. The van der Waals surface area contributed by atoms with E-state index in [1.165, 1.54) is 72.7 Å². The van der Waals surface area contributed by atoms with Gasteiger partial charge in [0.05, 0.1) is 69.1 Å². The molecular weight excluding hydrogens is 1930 g/mol. The zero-order chi connectivity index (χ0) is 100. The minimum absolute atomic E-state index is 0.0191. The van der Waals surface area contributed by atoms with Crippen LogP contribution >= 0.6 is 61.8 Å². The van der Waals surface area contributed by atoms with Crippen LogP contribution in [0.25, 0.3) is 22.0 Å². The fourth-order valence-electron chi connectivity index (χ4n) is 17.9. The average Bonchev–Trinajstić information content (AvgIpc) is 1.58. The molecule has 1 unspecified atom stereocenters. The standard InChI is InChI=1S/C35H34N4O2.C22H17F2N3O.C16H14BrCl2N3OS.C16H16FN5O3S.C15H19N5O/c36-34-37-35(30-15-6-2-7-16-30,31-17-8-3-9-18-31)33(41)39(34)25-28-13-10-14-29(24-28)32(40)38-21-19-27(20-22-38)23-26-11-4-1-5-12-26;23-18-13-7-8-15(19(18)24)14-27-20(28)22(26-21(27)25,16-9-3-1-4-10-16)17-11-5-2-6-12-17;1-16(13-9(17)5-6-24-13)12(14(23)22(2)15(20)21-16)8-3-4-10(18)11(19)7-8;1-16(7-13(23)21(2)15(19)20-16)12-6-9(14(26-12)22(24)25)8-3-4-10(17)11(18)5-8;1-4-20-9-10-7-11(5-6-12(10)18-20)15(2)8-13(21)19(3)14(16)17-15/h1-18,24,27H,19-23,25H2,(H2,36,37);1-13H,14H2,(H2,25,26);3-7,12H,1-2H3,(H2,20,21);3-6H,7,18H2,1-2H3,(H2,19,20);5-7,9H,4,8H2,1-3H3,(H2,16,17)/t;;12?,16-;16-;15-/m..000/s1. The van der Waals surface area contributed by atoms with Crippen LogP contribution in [0.1, 0.15) is 129 Å². The molecule has 10 aromatic carbocycles. The minimum Gasteiger partial charge on any atom is -0.396 e. The number of anilines is 1. The van der Waals surface area contributed by atoms with Gasteiger partial charge in [-0.05, 0) is 191 Å². The van der Waals surface area contributed by atoms with Crippen LogP contribution in [0.3, 0.4) is 0 Å². The van der Waals surface area contributed by atoms with Gasteiger partial charge in [0.2, 0.25) is 17.7 Å². The second kappa shape index (κ2) is 41.5. The molecule has 0 radical (unpaired) electrons. The third-order valence-corrected chi connectivity index (χ3v) is 29.8. The number of likely N-dealkylation sites (tertiary alicyclic amines) is 1. The van der Waals surface area contributed by atoms with Crippen LogP contribution in [-0.4, -0.2) is 144 Å². The van der Waals surface area contributed by atoms with E-state index < -0.39 is 61.9 Å². The summed E-state index contributed by atoms with van der Waals surface area (Å²) >= 11 is 18.2. The molecule has 1 fully saturated rings. The van der Waals surface area contributed by atoms with Crippen LogP contribution in [0, 0.1) is 33.5 Å². The topological polar surface area (TPSA) is 401 Å². The number of nitrogens with zero attached hydrogens (tertiary/aromatic N) is 14. The Kier molecular flexibility index (Phi) is 29.6. The molecule has 0 saturated carbocycles. The quantitative estimate of drug-likeness (QED) is 0.0264. The summed E-state index contributed by atoms with van der Waals surface area (Å²) in [4.78, 5) is 122. The summed E-state index contributed by atoms with van der Waals surface area (Å²) < 4.78 is 44.0. The first kappa shape index (κ1) is 99.8. The molecule has 13 aromatic rings. The third kappa shape index (κ3) is 20.3. The Bertz CT molecular complexity index is 7000. The van der Waals surface area contributed by atoms with E-state index in [1.54, 1.807) is 69.6 Å². The first-order valence-electron chi connectivity index (χ1n) is 44.7. The second-order valence-corrected chi connectivity index (χ2v) is 38.6. The number of nitrogen functional groups attached to an aromatic ring is 1. The Morgan fingerprint density at radius 3 is 1.60 bits per heavy atom. The van der Waals surface area contributed by atoms with Crippen molar-refractivity contribution >= 4 is 149 Å². The van der Waals surface area contributed by atoms with Crippen LogP contribution in [0.5, 0.6) is 0 Å². The Labute approximate surface area is 832 Å². The van der Waals surface area contributed by atoms with Crippen molar-refractivity contribution in [3.8, 4) is 11.1 Å². The summed E-state index contributed by atoms with van der Waals surface area (Å²) in [5.41, 5.74) is 39.6. The minimum atomic E-state index is -1.36. The maximum absolute atomic E-state index is 14.2. The lowest BCUT2D eigenvalue weighted by molar-refractivity contribution is -0.379. The first-order chi connectivity index (χ1) is 66.9. The average molecular weight is 2030 g/mol. The van der Waals surface area contributed by atoms with Gasteiger partial charge in [0.15, 0.2) is 52.5 Å². The maximum Gasteiger partial charge on any atom is 0.332 e. The molecule has 6 aliphatic rings. The van der Waals surface area contributed by atoms with Crippen LogP contribution in [0.15, 0.2) is 302 Å². The fourth-order valence-corrected chi connectivity index (χ4v) is 21.2. The second-order valence-electron chi connectivity index (χ2n) is 35.0. The predicted molar refractivity (Wildman–Crippen MR) is 545 cm³/mol. The highest BCUT2D eigenvalue weighted by atomic mass is 79.9. The number of nitro groups is 1. The van der Waals surface area contributed by atoms with Gasteiger partial charge in [-0.25, -0.2) is 38.1 Å². The van der Waals surface area contributed by atoms with E-state index in [9.17, 15) is 52.1 Å². The lowest BCUT2D eigenvalue weighted by Crippen LogP contribution is -2.52. The zero-order valence-electron chi connectivity index (χ0n) is 77.3. The van der Waals surface area contributed by atoms with Gasteiger partial charge in [0, 0.05) is 77.7 Å². The molecule has 28 nitrogen and oxygen atoms in total. The van der Waals surface area contributed by atoms with E-state index in [0.29, 0.717) is 55.1 Å². The van der Waals surface area contributed by atoms with Gasteiger partial charge in [-0.3, -0.25) is 68.1 Å². The molecule has 0 bridgehead atoms. The van der Waals surface area contributed by atoms with E-state index >= 15 is 0 Å². The summed E-state index contributed by atoms with van der Waals surface area (Å²) in [6.45, 7) is 9.95. The molecule has 12 N–H and O–H groups in total. The van der Waals surface area contributed by atoms with Gasteiger partial charge >= 0.3 is 5.00 Å². The number of guanidine groups is 5. The number of hydrogen-bond donors (Lipinski definition) is 6. The normalized spacial score (nSPS) is 19.4. The highest BCUT2D eigenvalue weighted by Crippen LogP contribution is 2.51. The van der Waals surface area contributed by atoms with E-state index in [4.69, 9.17) is 62.6 Å². The largest absolute Gasteiger partial charge is 0.396 e. The predicted octanol–water partition coefficient (Wildman–Crippen LogP) is 17.4. The van der Waals surface area contributed by atoms with Crippen molar-refractivity contribution in [2.24, 2.45) is 59.5 Å². The maximum atomic E-state index is 14.2. The number of hydrogen-bond acceptors (Lipinski definition) is 22. The molecule has 0 aliphatic carbocycles. The third-order valence-electron chi connectivity index (χ3n) is 25.7. The summed E-state index contributed by atoms with van der Waals surface area (Å²) in [5, 5.41) is 19.7. The molecule has 4 atom stereocenters. The van der Waals surface area contributed by atoms with Crippen molar-refractivity contribution < 1.29 is 46.9 Å². The Morgan fingerprint density at radius 2 is 1.07 bits per heavy atom. The van der Waals surface area contributed by atoms with Crippen molar-refractivity contribution in [3.63, 3.8) is 0 Å². The van der Waals surface area contributed by atoms with Gasteiger partial charge in [-0.1, -0.05) is 229 Å². The van der Waals surface area contributed by atoms with E-state index in [1.807, 2.05) is 187 Å². The summed E-state index contributed by atoms with van der Waals surface area (Å²) in [5.74, 6) is -2.88. The monoisotopic (exact) mass is 2030 g/mol. The molecule has 6 amide bonds. The van der Waals surface area contributed by atoms with Crippen LogP contribution in [0.2, 0.25) is 10.0 Å². The Morgan fingerprint density at radius 1 is 0.543 bits per heavy atom. The number of carbonyl (C=O) groups excluding carboxylic acids is 6. The van der Waals surface area contributed by atoms with Crippen molar-refractivity contribution in [2.45, 2.75) is 113 Å². The van der Waals surface area contributed by atoms with Crippen LogP contribution in [0.4, 0.5) is 23.9 Å². The number of rotatable bonds is 18. The number of piperidine rings is 1. The van der Waals surface area contributed by atoms with E-state index in [0.717, 1.165) is 110 Å². The highest BCUT2D eigenvalue weighted by Gasteiger charge is 2.54. The molecule has 19 rings (SSSR count). The van der Waals surface area contributed by atoms with Crippen LogP contribution in [-0.2, 0) is 77.7 Å². The molecule has 1 saturated heterocycles. The number of fused-ring (bicyclic) bond motifs is 1. The van der Waals surface area contributed by atoms with Crippen molar-refractivity contribution in [1.29, 1.82) is 0 Å². The van der Waals surface area contributed by atoms with Gasteiger partial charge in [-0.2, -0.15) is 5.10 Å². The number of nitrogens with two attached hydrogens (primary N) is 6. The van der Waals surface area contributed by atoms with E-state index in [2.05, 4.69) is 72.2 Å². The zero-order valence-corrected chi connectivity index (χ0v) is 82.0. The number of thiophene rings is 2. The number of amides is 6. The first-order valence-corrected chi connectivity index (χ1v) is 47.9. The number of aryl methyl sites for hydroxylation is 1. The molecule has 6 aliphatic heterocycles. The Hall–Kier alpha value is -14.7. The van der Waals surface area contributed by atoms with Gasteiger partial charge < -0.3 is 39.3 Å². The number of halogens is 6. The van der Waals surface area contributed by atoms with Gasteiger partial charge in [-0.15, -0.1) is 11.3 Å². The Balaban J connectivity index is 0.000000135. The molecule has 0 spiro atoms. The van der Waals surface area contributed by atoms with Gasteiger partial charge in [0.25, 0.3) is 17.7 Å². The lowest BCUT2D eigenvalue weighted by Gasteiger charge is -2.40. The molecule has 3 aromatic heterocycles. The number of carbonyl (C=O) groups is 6. The summed E-state index contributed by atoms with van der Waals surface area (Å²) in [6.07, 6.45) is 5.41. The molecule has 36 heteroatoms. The molecule has 140 heavy (non-hydrogen) atoms. The van der Waals surface area contributed by atoms with Gasteiger partial charge in [0.1, 0.15) is 16.9 Å². The van der Waals surface area contributed by atoms with Crippen molar-refractivity contribution in [1.82, 2.24) is 39.2 Å². The number of aromatic nitrogens is 2. The highest BCUT2D eigenvalue weighted by molar-refractivity contribution is 9.10. The summed E-state index contributed by atoms with van der Waals surface area (Å²) in [7, 11) is 4.79. The van der Waals surface area contributed by atoms with E-state index in [-0.39, 0.29) is 95.1 Å². The fraction of sp³-hybridized carbons (Fsp3) is 0.231. The van der Waals surface area contributed by atoms with Crippen molar-refractivity contribution in [2.75, 3.05) is 40.0 Å². The number of aliphatic imine (C=N–C) groups is 5. The molecule has 9 heterocycles. The lowest BCUT2D eigenvalue weighted by atomic mass is 9.78. The van der Waals surface area contributed by atoms with Crippen molar-refractivity contribution in [3.05, 3.63) is 380 Å². The number of benzene rings is 10. The smallest absolute Gasteiger partial charge is 0.332 e. The summed E-state index contributed by atoms with van der Waals surface area (Å²) in [6, 6.07) is 77.8. The SMILES string of the molecule is CCn1cc2cc([C@]3(C)CC(=O)N(C)C(N)=N3)ccc2n1.CN1C(=O)C(c2ccc(Cl)c(Cl)c2)[C@@](C)(c2sccc2Br)N=C1N.CN1C(=O)C[C@@](C)(c2cc(-c3ccc(F)c(N)c3)c([N+](=O)[O-])s2)N=C1N.NC1=NC(c2ccccc2)(c2ccccc2)C(=O)N1Cc1cccc(C(=O)N2CCC(Cc3ccccc3)CC2)c1.NC1=NC(c2ccccc2)(c2ccccc2)C(=O)N1Cc1cccc(F)c1F. The number of likely N-dealkylation sites (N-methyl/N-ethyl adjacent to an activating group) is 1. The molecular formula is C104H100BrCl2F3N20O8S2. The van der Waals surface area contributed by atoms with Crippen LogP contribution < -0.4 is 34.4 Å².